The summed E-state index contributed by atoms with van der Waals surface area (Å²) in [5.41, 5.74) is 2.54. The maximum Gasteiger partial charge on any atom is 0.301 e. The van der Waals surface area contributed by atoms with Gasteiger partial charge in [-0.05, 0) is 49.9 Å². The number of benzene rings is 1. The molecule has 0 atom stereocenters. The van der Waals surface area contributed by atoms with Crippen LogP contribution in [0.5, 0.6) is 0 Å². The Labute approximate surface area is 129 Å². The van der Waals surface area contributed by atoms with Crippen molar-refractivity contribution in [2.75, 3.05) is 17.8 Å². The second-order valence-corrected chi connectivity index (χ2v) is 7.92. The van der Waals surface area contributed by atoms with Crippen molar-refractivity contribution in [1.29, 1.82) is 0 Å². The first kappa shape index (κ1) is 15.8. The summed E-state index contributed by atoms with van der Waals surface area (Å²) >= 11 is 3.43. The van der Waals surface area contributed by atoms with E-state index in [1.165, 1.54) is 0 Å². The minimum atomic E-state index is -3.45. The number of hydrogen-bond donors (Lipinski definition) is 1. The van der Waals surface area contributed by atoms with Gasteiger partial charge in [-0.15, -0.1) is 0 Å². The Morgan fingerprint density at radius 2 is 1.55 bits per heavy atom. The molecule has 1 aliphatic rings. The van der Waals surface area contributed by atoms with Gasteiger partial charge >= 0.3 is 10.2 Å². The van der Waals surface area contributed by atoms with Crippen molar-refractivity contribution in [3.63, 3.8) is 0 Å². The quantitative estimate of drug-likeness (QED) is 0.894. The Kier molecular flexibility index (Phi) is 5.09. The van der Waals surface area contributed by atoms with E-state index in [4.69, 9.17) is 0 Å². The number of nitrogens with one attached hydrogen (secondary N) is 1. The standard InChI is InChI=1S/C14H21BrN2O2S/c1-11-9-13(15)10-12(2)14(11)16-20(18,19)17-7-5-3-4-6-8-17/h9-10,16H,3-8H2,1-2H3. The first-order valence-corrected chi connectivity index (χ1v) is 9.18. The molecule has 0 bridgehead atoms. The maximum absolute atomic E-state index is 12.5. The molecule has 1 heterocycles. The number of anilines is 1. The first-order chi connectivity index (χ1) is 9.40. The minimum Gasteiger partial charge on any atom is -0.270 e. The number of hydrogen-bond acceptors (Lipinski definition) is 2. The molecule has 112 valence electrons. The lowest BCUT2D eigenvalue weighted by Gasteiger charge is -2.22. The summed E-state index contributed by atoms with van der Waals surface area (Å²) in [5, 5.41) is 0. The van der Waals surface area contributed by atoms with Crippen LogP contribution in [0.2, 0.25) is 0 Å². The smallest absolute Gasteiger partial charge is 0.270 e. The molecule has 1 aromatic rings. The maximum atomic E-state index is 12.5. The molecule has 0 aromatic heterocycles. The van der Waals surface area contributed by atoms with Crippen molar-refractivity contribution in [2.24, 2.45) is 0 Å². The Balaban J connectivity index is 2.23. The Hall–Kier alpha value is -0.590. The van der Waals surface area contributed by atoms with Crippen LogP contribution in [0.1, 0.15) is 36.8 Å². The van der Waals surface area contributed by atoms with Gasteiger partial charge in [0.1, 0.15) is 0 Å². The van der Waals surface area contributed by atoms with Crippen molar-refractivity contribution >= 4 is 31.8 Å². The molecule has 0 spiro atoms. The summed E-state index contributed by atoms with van der Waals surface area (Å²) < 4.78 is 30.3. The van der Waals surface area contributed by atoms with E-state index in [0.29, 0.717) is 18.8 Å². The van der Waals surface area contributed by atoms with E-state index in [9.17, 15) is 8.42 Å². The van der Waals surface area contributed by atoms with Crippen LogP contribution in [0.3, 0.4) is 0 Å². The predicted octanol–water partition coefficient (Wildman–Crippen LogP) is 3.60. The van der Waals surface area contributed by atoms with Gasteiger partial charge in [0.15, 0.2) is 0 Å². The van der Waals surface area contributed by atoms with Gasteiger partial charge in [0.2, 0.25) is 0 Å². The molecule has 2 rings (SSSR count). The predicted molar refractivity (Wildman–Crippen MR) is 86.2 cm³/mol. The molecular weight excluding hydrogens is 340 g/mol. The Morgan fingerprint density at radius 3 is 2.05 bits per heavy atom. The molecule has 0 aliphatic carbocycles. The zero-order valence-corrected chi connectivity index (χ0v) is 14.3. The average Bonchev–Trinajstić information content (AvgIpc) is 2.63. The molecule has 1 fully saturated rings. The highest BCUT2D eigenvalue weighted by atomic mass is 79.9. The number of halogens is 1. The zero-order valence-electron chi connectivity index (χ0n) is 11.9. The number of rotatable bonds is 3. The lowest BCUT2D eigenvalue weighted by atomic mass is 10.1. The number of nitrogens with zero attached hydrogens (tertiary/aromatic N) is 1. The molecule has 1 N–H and O–H groups in total. The largest absolute Gasteiger partial charge is 0.301 e. The van der Waals surface area contributed by atoms with Crippen LogP contribution >= 0.6 is 15.9 Å². The van der Waals surface area contributed by atoms with E-state index in [2.05, 4.69) is 20.7 Å². The van der Waals surface area contributed by atoms with E-state index < -0.39 is 10.2 Å². The van der Waals surface area contributed by atoms with Crippen molar-refractivity contribution in [3.8, 4) is 0 Å². The fourth-order valence-corrected chi connectivity index (χ4v) is 4.68. The van der Waals surface area contributed by atoms with Crippen molar-refractivity contribution in [1.82, 2.24) is 4.31 Å². The third-order valence-corrected chi connectivity index (χ3v) is 5.60. The van der Waals surface area contributed by atoms with Crippen LogP contribution in [-0.2, 0) is 10.2 Å². The fraction of sp³-hybridized carbons (Fsp3) is 0.571. The third-order valence-electron chi connectivity index (χ3n) is 3.63. The van der Waals surface area contributed by atoms with E-state index in [1.54, 1.807) is 4.31 Å². The van der Waals surface area contributed by atoms with Crippen molar-refractivity contribution in [3.05, 3.63) is 27.7 Å². The van der Waals surface area contributed by atoms with Gasteiger partial charge in [-0.2, -0.15) is 12.7 Å². The van der Waals surface area contributed by atoms with Gasteiger partial charge in [-0.3, -0.25) is 4.72 Å². The lowest BCUT2D eigenvalue weighted by Crippen LogP contribution is -2.36. The molecular formula is C14H21BrN2O2S. The second-order valence-electron chi connectivity index (χ2n) is 5.33. The summed E-state index contributed by atoms with van der Waals surface area (Å²) in [4.78, 5) is 0. The summed E-state index contributed by atoms with van der Waals surface area (Å²) in [6, 6.07) is 3.85. The van der Waals surface area contributed by atoms with E-state index >= 15 is 0 Å². The Bertz CT molecular complexity index is 556. The highest BCUT2D eigenvalue weighted by Gasteiger charge is 2.24. The van der Waals surface area contributed by atoms with E-state index in [-0.39, 0.29) is 0 Å². The van der Waals surface area contributed by atoms with E-state index in [1.807, 2.05) is 26.0 Å². The molecule has 1 aliphatic heterocycles. The van der Waals surface area contributed by atoms with Gasteiger partial charge in [0, 0.05) is 17.6 Å². The molecule has 1 saturated heterocycles. The van der Waals surface area contributed by atoms with Crippen LogP contribution in [-0.4, -0.2) is 25.8 Å². The molecule has 0 radical (unpaired) electrons. The molecule has 6 heteroatoms. The van der Waals surface area contributed by atoms with Crippen LogP contribution < -0.4 is 4.72 Å². The van der Waals surface area contributed by atoms with Crippen LogP contribution in [0.15, 0.2) is 16.6 Å². The van der Waals surface area contributed by atoms with Crippen LogP contribution in [0, 0.1) is 13.8 Å². The highest BCUT2D eigenvalue weighted by Crippen LogP contribution is 2.27. The van der Waals surface area contributed by atoms with Crippen molar-refractivity contribution in [2.45, 2.75) is 39.5 Å². The average molecular weight is 361 g/mol. The highest BCUT2D eigenvalue weighted by molar-refractivity contribution is 9.10. The van der Waals surface area contributed by atoms with Crippen molar-refractivity contribution < 1.29 is 8.42 Å². The van der Waals surface area contributed by atoms with Gasteiger partial charge in [0.05, 0.1) is 5.69 Å². The monoisotopic (exact) mass is 360 g/mol. The van der Waals surface area contributed by atoms with Gasteiger partial charge in [-0.1, -0.05) is 28.8 Å². The van der Waals surface area contributed by atoms with Crippen LogP contribution in [0.4, 0.5) is 5.69 Å². The third kappa shape index (κ3) is 3.74. The van der Waals surface area contributed by atoms with Gasteiger partial charge in [0.25, 0.3) is 0 Å². The Morgan fingerprint density at radius 1 is 1.05 bits per heavy atom. The topological polar surface area (TPSA) is 49.4 Å². The second kappa shape index (κ2) is 6.45. The van der Waals surface area contributed by atoms with E-state index in [0.717, 1.165) is 41.3 Å². The minimum absolute atomic E-state index is 0.615. The first-order valence-electron chi connectivity index (χ1n) is 6.95. The lowest BCUT2D eigenvalue weighted by molar-refractivity contribution is 0.427. The molecule has 0 saturated carbocycles. The molecule has 20 heavy (non-hydrogen) atoms. The summed E-state index contributed by atoms with van der Waals surface area (Å²) in [6.07, 6.45) is 4.11. The summed E-state index contributed by atoms with van der Waals surface area (Å²) in [7, 11) is -3.45. The zero-order chi connectivity index (χ0) is 14.8. The summed E-state index contributed by atoms with van der Waals surface area (Å²) in [5.74, 6) is 0. The van der Waals surface area contributed by atoms with Gasteiger partial charge < -0.3 is 0 Å². The molecule has 1 aromatic carbocycles. The normalized spacial score (nSPS) is 17.8. The summed E-state index contributed by atoms with van der Waals surface area (Å²) in [6.45, 7) is 5.06. The molecule has 4 nitrogen and oxygen atoms in total. The SMILES string of the molecule is Cc1cc(Br)cc(C)c1NS(=O)(=O)N1CCCCCC1. The molecule has 0 unspecified atom stereocenters. The number of aryl methyl sites for hydroxylation is 2. The van der Waals surface area contributed by atoms with Crippen LogP contribution in [0.25, 0.3) is 0 Å². The fourth-order valence-electron chi connectivity index (χ4n) is 2.55. The van der Waals surface area contributed by atoms with Gasteiger partial charge in [-0.25, -0.2) is 0 Å². The molecule has 0 amide bonds.